The van der Waals surface area contributed by atoms with E-state index in [9.17, 15) is 4.79 Å². The quantitative estimate of drug-likeness (QED) is 0.667. The molecule has 2 aromatic carbocycles. The number of hydrogen-bond acceptors (Lipinski definition) is 2. The number of rotatable bonds is 3. The number of likely N-dealkylation sites (tertiary alicyclic amines) is 1. The van der Waals surface area contributed by atoms with Gasteiger partial charge in [0.2, 0.25) is 5.91 Å². The summed E-state index contributed by atoms with van der Waals surface area (Å²) in [6.45, 7) is 3.64. The number of benzene rings is 2. The molecule has 4 heteroatoms. The van der Waals surface area contributed by atoms with Crippen LogP contribution in [0.5, 0.6) is 0 Å². The average molecular weight is 345 g/mol. The van der Waals surface area contributed by atoms with Gasteiger partial charge in [0.25, 0.3) is 0 Å². The van der Waals surface area contributed by atoms with Crippen LogP contribution >= 0.6 is 0 Å². The van der Waals surface area contributed by atoms with Crippen LogP contribution in [-0.4, -0.2) is 33.4 Å². The highest BCUT2D eigenvalue weighted by molar-refractivity contribution is 5.91. The summed E-state index contributed by atoms with van der Waals surface area (Å²) in [5.41, 5.74) is 3.30. The van der Waals surface area contributed by atoms with Crippen LogP contribution in [0.1, 0.15) is 30.3 Å². The fraction of sp³-hybridized carbons (Fsp3) is 0.273. The Hall–Kier alpha value is -2.88. The van der Waals surface area contributed by atoms with Gasteiger partial charge in [0.05, 0.1) is 11.0 Å². The number of aryl methyl sites for hydroxylation is 1. The van der Waals surface area contributed by atoms with Crippen molar-refractivity contribution in [2.45, 2.75) is 25.8 Å². The molecule has 1 fully saturated rings. The molecule has 1 amide bonds. The van der Waals surface area contributed by atoms with E-state index in [-0.39, 0.29) is 5.91 Å². The third-order valence-electron chi connectivity index (χ3n) is 5.13. The fourth-order valence-corrected chi connectivity index (χ4v) is 3.81. The van der Waals surface area contributed by atoms with Crippen LogP contribution in [-0.2, 0) is 4.79 Å². The Labute approximate surface area is 153 Å². The van der Waals surface area contributed by atoms with Gasteiger partial charge < -0.3 is 9.47 Å². The van der Waals surface area contributed by atoms with Crippen LogP contribution in [0.3, 0.4) is 0 Å². The highest BCUT2D eigenvalue weighted by Gasteiger charge is 2.24. The molecule has 4 rings (SSSR count). The molecule has 0 N–H and O–H groups in total. The molecule has 0 aliphatic carbocycles. The molecule has 0 radical (unpaired) electrons. The number of fused-ring (bicyclic) bond motifs is 1. The number of para-hydroxylation sites is 2. The van der Waals surface area contributed by atoms with Gasteiger partial charge in [-0.3, -0.25) is 4.79 Å². The minimum atomic E-state index is 0.0968. The van der Waals surface area contributed by atoms with Gasteiger partial charge in [-0.25, -0.2) is 4.98 Å². The minimum absolute atomic E-state index is 0.0968. The van der Waals surface area contributed by atoms with Crippen molar-refractivity contribution < 1.29 is 4.79 Å². The van der Waals surface area contributed by atoms with Crippen LogP contribution < -0.4 is 0 Å². The first-order chi connectivity index (χ1) is 12.7. The first-order valence-corrected chi connectivity index (χ1v) is 9.18. The van der Waals surface area contributed by atoms with Crippen LogP contribution in [0.15, 0.2) is 60.7 Å². The van der Waals surface area contributed by atoms with Crippen LogP contribution in [0.4, 0.5) is 0 Å². The SMILES string of the molecule is Cc1nc2ccccc2n1C1CCN(C(=O)/C=C/c2ccccc2)CC1. The summed E-state index contributed by atoms with van der Waals surface area (Å²) in [6, 6.07) is 18.6. The second-order valence-corrected chi connectivity index (χ2v) is 6.82. The predicted octanol–water partition coefficient (Wildman–Crippen LogP) is 4.22. The third kappa shape index (κ3) is 3.27. The van der Waals surface area contributed by atoms with Crippen molar-refractivity contribution in [3.63, 3.8) is 0 Å². The standard InChI is InChI=1S/C22H23N3O/c1-17-23-20-9-5-6-10-21(20)25(17)19-13-15-24(16-14-19)22(26)12-11-18-7-3-2-4-8-18/h2-12,19H,13-16H2,1H3/b12-11+. The molecule has 3 aromatic rings. The fourth-order valence-electron chi connectivity index (χ4n) is 3.81. The van der Waals surface area contributed by atoms with Crippen LogP contribution in [0.25, 0.3) is 17.1 Å². The van der Waals surface area contributed by atoms with E-state index in [0.29, 0.717) is 6.04 Å². The van der Waals surface area contributed by atoms with Crippen molar-refractivity contribution >= 4 is 23.0 Å². The van der Waals surface area contributed by atoms with Gasteiger partial charge in [-0.2, -0.15) is 0 Å². The number of piperidine rings is 1. The topological polar surface area (TPSA) is 38.1 Å². The molecule has 4 nitrogen and oxygen atoms in total. The summed E-state index contributed by atoms with van der Waals surface area (Å²) in [5.74, 6) is 1.15. The van der Waals surface area contributed by atoms with E-state index in [1.807, 2.05) is 47.4 Å². The Morgan fingerprint density at radius 2 is 1.73 bits per heavy atom. The maximum Gasteiger partial charge on any atom is 0.246 e. The van der Waals surface area contributed by atoms with Crippen molar-refractivity contribution in [2.75, 3.05) is 13.1 Å². The Balaban J connectivity index is 1.43. The van der Waals surface area contributed by atoms with Gasteiger partial charge in [-0.15, -0.1) is 0 Å². The molecule has 1 saturated heterocycles. The number of carbonyl (C=O) groups excluding carboxylic acids is 1. The summed E-state index contributed by atoms with van der Waals surface area (Å²) in [7, 11) is 0. The lowest BCUT2D eigenvalue weighted by atomic mass is 10.0. The predicted molar refractivity (Wildman–Crippen MR) is 105 cm³/mol. The first kappa shape index (κ1) is 16.6. The number of amides is 1. The smallest absolute Gasteiger partial charge is 0.246 e. The molecule has 1 aliphatic heterocycles. The molecule has 26 heavy (non-hydrogen) atoms. The molecule has 1 aliphatic rings. The zero-order valence-electron chi connectivity index (χ0n) is 15.0. The van der Waals surface area contributed by atoms with Gasteiger partial charge in [0.1, 0.15) is 5.82 Å². The summed E-state index contributed by atoms with van der Waals surface area (Å²) < 4.78 is 2.34. The monoisotopic (exact) mass is 345 g/mol. The highest BCUT2D eigenvalue weighted by Crippen LogP contribution is 2.28. The zero-order valence-corrected chi connectivity index (χ0v) is 15.0. The largest absolute Gasteiger partial charge is 0.339 e. The molecule has 0 spiro atoms. The van der Waals surface area contributed by atoms with Crippen molar-refractivity contribution in [1.29, 1.82) is 0 Å². The van der Waals surface area contributed by atoms with Crippen molar-refractivity contribution in [2.24, 2.45) is 0 Å². The van der Waals surface area contributed by atoms with E-state index in [1.165, 1.54) is 5.52 Å². The number of carbonyl (C=O) groups is 1. The number of aromatic nitrogens is 2. The Morgan fingerprint density at radius 3 is 2.50 bits per heavy atom. The highest BCUT2D eigenvalue weighted by atomic mass is 16.2. The third-order valence-corrected chi connectivity index (χ3v) is 5.13. The molecule has 0 atom stereocenters. The molecular weight excluding hydrogens is 322 g/mol. The van der Waals surface area contributed by atoms with E-state index in [1.54, 1.807) is 6.08 Å². The van der Waals surface area contributed by atoms with Gasteiger partial charge in [0.15, 0.2) is 0 Å². The van der Waals surface area contributed by atoms with Crippen molar-refractivity contribution in [1.82, 2.24) is 14.5 Å². The average Bonchev–Trinajstić information content (AvgIpc) is 3.03. The van der Waals surface area contributed by atoms with Gasteiger partial charge in [-0.05, 0) is 43.5 Å². The zero-order chi connectivity index (χ0) is 17.9. The van der Waals surface area contributed by atoms with E-state index in [2.05, 4.69) is 34.7 Å². The van der Waals surface area contributed by atoms with Crippen LogP contribution in [0, 0.1) is 6.92 Å². The lowest BCUT2D eigenvalue weighted by molar-refractivity contribution is -0.127. The Kier molecular flexibility index (Phi) is 4.57. The van der Waals surface area contributed by atoms with Crippen LogP contribution in [0.2, 0.25) is 0 Å². The summed E-state index contributed by atoms with van der Waals surface area (Å²) in [4.78, 5) is 19.1. The first-order valence-electron chi connectivity index (χ1n) is 9.18. The van der Waals surface area contributed by atoms with Gasteiger partial charge in [0, 0.05) is 25.2 Å². The molecule has 0 saturated carbocycles. The van der Waals surface area contributed by atoms with Gasteiger partial charge >= 0.3 is 0 Å². The molecule has 0 unspecified atom stereocenters. The Morgan fingerprint density at radius 1 is 1.04 bits per heavy atom. The van der Waals surface area contributed by atoms with E-state index >= 15 is 0 Å². The minimum Gasteiger partial charge on any atom is -0.339 e. The summed E-state index contributed by atoms with van der Waals surface area (Å²) >= 11 is 0. The number of imidazole rings is 1. The van der Waals surface area contributed by atoms with E-state index in [4.69, 9.17) is 0 Å². The van der Waals surface area contributed by atoms with Crippen molar-refractivity contribution in [3.05, 3.63) is 72.1 Å². The van der Waals surface area contributed by atoms with Crippen molar-refractivity contribution in [3.8, 4) is 0 Å². The second kappa shape index (κ2) is 7.16. The Bertz CT molecular complexity index is 934. The number of nitrogens with zero attached hydrogens (tertiary/aromatic N) is 3. The maximum atomic E-state index is 12.5. The molecule has 1 aromatic heterocycles. The molecule has 0 bridgehead atoms. The summed E-state index contributed by atoms with van der Waals surface area (Å²) in [6.07, 6.45) is 5.51. The summed E-state index contributed by atoms with van der Waals surface area (Å²) in [5, 5.41) is 0. The lowest BCUT2D eigenvalue weighted by Gasteiger charge is -2.33. The molecular formula is C22H23N3O. The molecule has 132 valence electrons. The van der Waals surface area contributed by atoms with Gasteiger partial charge in [-0.1, -0.05) is 42.5 Å². The van der Waals surface area contributed by atoms with E-state index < -0.39 is 0 Å². The maximum absolute atomic E-state index is 12.5. The second-order valence-electron chi connectivity index (χ2n) is 6.82. The normalized spacial score (nSPS) is 15.8. The van der Waals surface area contributed by atoms with E-state index in [0.717, 1.165) is 42.8 Å². The lowest BCUT2D eigenvalue weighted by Crippen LogP contribution is -2.38. The molecule has 2 heterocycles. The number of hydrogen-bond donors (Lipinski definition) is 0.